The molecule has 2 aromatic carbocycles. The van der Waals surface area contributed by atoms with E-state index in [-0.39, 0.29) is 51.4 Å². The fraction of sp³-hybridized carbons (Fsp3) is 0.677. The molecule has 0 unspecified atom stereocenters. The Balaban J connectivity index is 1.16. The normalized spacial score (nSPS) is 18.8. The molecule has 2 aromatic rings. The molecule has 2 saturated heterocycles. The Morgan fingerprint density at radius 2 is 0.898 bits per heavy atom. The number of benzene rings is 2. The van der Waals surface area contributed by atoms with Crippen LogP contribution in [0.2, 0.25) is 0 Å². The lowest BCUT2D eigenvalue weighted by molar-refractivity contribution is -0.176. The molecule has 0 bridgehead atoms. The van der Waals surface area contributed by atoms with Gasteiger partial charge >= 0.3 is 35.9 Å². The van der Waals surface area contributed by atoms with Crippen molar-refractivity contribution in [3.8, 4) is 0 Å². The van der Waals surface area contributed by atoms with E-state index < -0.39 is 131 Å². The lowest BCUT2D eigenvalue weighted by Crippen LogP contribution is -2.54. The number of carbonyl (C=O) groups is 9. The van der Waals surface area contributed by atoms with Crippen molar-refractivity contribution in [1.29, 1.82) is 0 Å². The summed E-state index contributed by atoms with van der Waals surface area (Å²) in [6, 6.07) is 12.1. The van der Waals surface area contributed by atoms with Crippen molar-refractivity contribution in [2.24, 2.45) is 0 Å². The maximum absolute atomic E-state index is 15.8. The van der Waals surface area contributed by atoms with Crippen molar-refractivity contribution in [1.82, 2.24) is 19.6 Å². The van der Waals surface area contributed by atoms with Crippen LogP contribution in [0.5, 0.6) is 0 Å². The highest BCUT2D eigenvalue weighted by atomic mass is 19.1. The second-order valence-electron chi connectivity index (χ2n) is 26.4. The van der Waals surface area contributed by atoms with Crippen molar-refractivity contribution in [2.75, 3.05) is 54.6 Å². The average molecular weight is 1240 g/mol. The zero-order valence-corrected chi connectivity index (χ0v) is 53.5. The molecular formula is C65H92F2N4O17. The molecule has 4 aliphatic rings. The number of ether oxygens (including phenoxy) is 7. The number of rotatable bonds is 28. The van der Waals surface area contributed by atoms with E-state index in [1.807, 2.05) is 48.5 Å². The zero-order valence-electron chi connectivity index (χ0n) is 53.5. The quantitative estimate of drug-likeness (QED) is 0.0623. The zero-order chi connectivity index (χ0) is 65.3. The summed E-state index contributed by atoms with van der Waals surface area (Å²) < 4.78 is 70.6. The van der Waals surface area contributed by atoms with Gasteiger partial charge in [0.1, 0.15) is 40.1 Å². The van der Waals surface area contributed by atoms with E-state index in [1.165, 1.54) is 69.7 Å². The molecule has 2 heterocycles. The van der Waals surface area contributed by atoms with Gasteiger partial charge in [-0.1, -0.05) is 48.5 Å². The fourth-order valence-electron chi connectivity index (χ4n) is 11.2. The minimum Gasteiger partial charge on any atom is -0.479 e. The van der Waals surface area contributed by atoms with Crippen LogP contribution in [0.3, 0.4) is 0 Å². The van der Waals surface area contributed by atoms with E-state index in [0.29, 0.717) is 38.3 Å². The first-order valence-electron chi connectivity index (χ1n) is 30.6. The molecule has 2 saturated carbocycles. The largest absolute Gasteiger partial charge is 0.479 e. The van der Waals surface area contributed by atoms with Crippen molar-refractivity contribution >= 4 is 53.7 Å². The van der Waals surface area contributed by atoms with Crippen LogP contribution in [0.25, 0.3) is 0 Å². The van der Waals surface area contributed by atoms with E-state index >= 15 is 8.78 Å². The van der Waals surface area contributed by atoms with Gasteiger partial charge in [0.25, 0.3) is 17.7 Å². The molecule has 4 fully saturated rings. The number of esters is 4. The van der Waals surface area contributed by atoms with Crippen molar-refractivity contribution in [2.45, 2.75) is 229 Å². The highest BCUT2D eigenvalue weighted by Crippen LogP contribution is 2.45. The van der Waals surface area contributed by atoms with E-state index in [9.17, 15) is 48.3 Å². The van der Waals surface area contributed by atoms with E-state index in [0.717, 1.165) is 67.5 Å². The summed E-state index contributed by atoms with van der Waals surface area (Å²) in [5.41, 5.74) is -4.34. The highest BCUT2D eigenvalue weighted by Gasteiger charge is 2.60. The third-order valence-corrected chi connectivity index (χ3v) is 17.1. The Morgan fingerprint density at radius 1 is 0.545 bits per heavy atom. The maximum Gasteiger partial charge on any atom is 0.410 e. The standard InChI is InChI=1S/C65H92F2N4O17/c1-40(52(72)69(11)49(39-63(8,9)67)57(78)87-51(55(75)76)25-19-43-16-22-45(23-17-43)47-28-36-83-37-29-47)84-58(79)64(30-31-64)70(12)54(74)50(24-18-42-14-20-44(21-15-42)46-26-34-82-35-27-46)86-56(77)48(38-62(6,7)66)68(10)53(73)41(2)85-59(80)65(32-33-65)71(13)60(81)88-61(3,4)5/h14-17,20-23,40-41,46-51H,18-19,24-39H2,1-13H3,(H,75,76)/t40-,41-,48+,49+,50-,51-/m1/s1. The number of alkyl halides is 2. The number of halogens is 2. The number of carboxylic acids is 1. The lowest BCUT2D eigenvalue weighted by atomic mass is 9.90. The molecule has 2 aliphatic carbocycles. The van der Waals surface area contributed by atoms with Gasteiger partial charge in [-0.15, -0.1) is 0 Å². The maximum atomic E-state index is 15.8. The molecule has 21 nitrogen and oxygen atoms in total. The number of aliphatic carboxylic acids is 1. The number of carboxylic acid groups (broad SMARTS) is 1. The summed E-state index contributed by atoms with van der Waals surface area (Å²) in [5, 5.41) is 10.1. The Hall–Kier alpha value is -6.75. The average Bonchev–Trinajstić information content (AvgIpc) is 2.38. The first kappa shape index (κ1) is 70.3. The van der Waals surface area contributed by atoms with Crippen LogP contribution in [-0.2, 0) is 84.4 Å². The van der Waals surface area contributed by atoms with Gasteiger partial charge in [-0.3, -0.25) is 19.3 Å². The molecule has 0 aromatic heterocycles. The third-order valence-electron chi connectivity index (χ3n) is 17.1. The Bertz CT molecular complexity index is 2790. The van der Waals surface area contributed by atoms with Gasteiger partial charge < -0.3 is 53.0 Å². The predicted octanol–water partition coefficient (Wildman–Crippen LogP) is 8.13. The van der Waals surface area contributed by atoms with Crippen molar-refractivity contribution in [3.05, 3.63) is 70.8 Å². The van der Waals surface area contributed by atoms with Crippen molar-refractivity contribution < 1.29 is 90.2 Å². The number of hydrogen-bond donors (Lipinski definition) is 1. The van der Waals surface area contributed by atoms with Crippen LogP contribution in [0.4, 0.5) is 13.6 Å². The van der Waals surface area contributed by atoms with E-state index in [4.69, 9.17) is 33.2 Å². The van der Waals surface area contributed by atoms with Gasteiger partial charge in [0.2, 0.25) is 0 Å². The number of hydrogen-bond acceptors (Lipinski definition) is 16. The molecule has 1 N–H and O–H groups in total. The Labute approximate surface area is 515 Å². The molecule has 488 valence electrons. The number of aryl methyl sites for hydroxylation is 2. The molecule has 0 radical (unpaired) electrons. The number of amides is 4. The Morgan fingerprint density at radius 3 is 1.24 bits per heavy atom. The predicted molar refractivity (Wildman–Crippen MR) is 317 cm³/mol. The molecule has 0 spiro atoms. The summed E-state index contributed by atoms with van der Waals surface area (Å²) in [5.74, 6) is -7.87. The summed E-state index contributed by atoms with van der Waals surface area (Å²) >= 11 is 0. The van der Waals surface area contributed by atoms with Gasteiger partial charge in [0, 0.05) is 67.5 Å². The van der Waals surface area contributed by atoms with E-state index in [1.54, 1.807) is 20.8 Å². The van der Waals surface area contributed by atoms with Gasteiger partial charge in [-0.05, 0) is 173 Å². The van der Waals surface area contributed by atoms with Crippen LogP contribution in [0.1, 0.15) is 173 Å². The van der Waals surface area contributed by atoms with Gasteiger partial charge in [0.05, 0.1) is 0 Å². The molecule has 6 rings (SSSR count). The summed E-state index contributed by atoms with van der Waals surface area (Å²) in [7, 11) is 5.06. The van der Waals surface area contributed by atoms with Crippen LogP contribution in [0, 0.1) is 0 Å². The summed E-state index contributed by atoms with van der Waals surface area (Å²) in [6.07, 6.45) is -4.39. The summed E-state index contributed by atoms with van der Waals surface area (Å²) in [4.78, 5) is 129. The van der Waals surface area contributed by atoms with Gasteiger partial charge in [-0.25, -0.2) is 37.5 Å². The molecular weight excluding hydrogens is 1150 g/mol. The minimum absolute atomic E-state index is 0.0438. The van der Waals surface area contributed by atoms with Gasteiger partial charge in [-0.2, -0.15) is 0 Å². The first-order valence-corrected chi connectivity index (χ1v) is 30.6. The van der Waals surface area contributed by atoms with Crippen LogP contribution >= 0.6 is 0 Å². The van der Waals surface area contributed by atoms with Crippen LogP contribution in [-0.4, -0.2) is 198 Å². The second kappa shape index (κ2) is 29.3. The number of likely N-dealkylation sites (N-methyl/N-ethyl adjacent to an activating group) is 4. The highest BCUT2D eigenvalue weighted by molar-refractivity contribution is 5.96. The summed E-state index contributed by atoms with van der Waals surface area (Å²) in [6.45, 7) is 14.8. The smallest absolute Gasteiger partial charge is 0.410 e. The molecule has 6 atom stereocenters. The topological polar surface area (TPSA) is 251 Å². The van der Waals surface area contributed by atoms with Crippen molar-refractivity contribution in [3.63, 3.8) is 0 Å². The second-order valence-corrected chi connectivity index (χ2v) is 26.4. The molecule has 2 aliphatic heterocycles. The van der Waals surface area contributed by atoms with Gasteiger partial charge in [0.15, 0.2) is 24.4 Å². The third kappa shape index (κ3) is 18.9. The molecule has 4 amide bonds. The lowest BCUT2D eigenvalue weighted by Gasteiger charge is -2.35. The fourth-order valence-corrected chi connectivity index (χ4v) is 11.2. The Kier molecular flexibility index (Phi) is 23.4. The van der Waals surface area contributed by atoms with Crippen LogP contribution in [0.15, 0.2) is 48.5 Å². The van der Waals surface area contributed by atoms with Crippen LogP contribution < -0.4 is 0 Å². The number of nitrogens with zero attached hydrogens (tertiary/aromatic N) is 4. The van der Waals surface area contributed by atoms with E-state index in [2.05, 4.69) is 0 Å². The first-order chi connectivity index (χ1) is 41.1. The number of carbonyl (C=O) groups excluding carboxylic acids is 8. The molecule has 88 heavy (non-hydrogen) atoms. The minimum atomic E-state index is -2.11. The monoisotopic (exact) mass is 1240 g/mol. The molecule has 23 heteroatoms. The SMILES string of the molecule is C[C@@H](OC(=O)C1(N(C)C(=O)OC(C)(C)C)CC1)C(=O)N(C)[C@@H](CC(C)(C)F)C(=O)O[C@H](CCc1ccc(C2CCOCC2)cc1)C(=O)N(C)C1(C(=O)O[C@H](C)C(=O)N(C)[C@@H](CC(C)(C)F)C(=O)O[C@H](CCc2ccc(C3CCOCC3)cc2)C(=O)O)CC1.